The van der Waals surface area contributed by atoms with Crippen LogP contribution in [0.2, 0.25) is 48.4 Å². The van der Waals surface area contributed by atoms with Gasteiger partial charge in [-0.15, -0.1) is 0 Å². The Morgan fingerprint density at radius 3 is 0.891 bits per heavy atom. The highest BCUT2D eigenvalue weighted by Crippen LogP contribution is 2.51. The van der Waals surface area contributed by atoms with E-state index in [-0.39, 0.29) is 12.5 Å². The summed E-state index contributed by atoms with van der Waals surface area (Å²) in [7, 11) is -28.8. The number of fused-ring (bicyclic) bond motifs is 2. The van der Waals surface area contributed by atoms with E-state index in [1.54, 1.807) is 0 Å². The monoisotopic (exact) mass is 789 g/mol. The van der Waals surface area contributed by atoms with Crippen LogP contribution >= 0.6 is 0 Å². The smallest absolute Gasteiger partial charge is 0.393 e. The molecule has 6 aliphatic heterocycles. The van der Waals surface area contributed by atoms with Gasteiger partial charge in [0.2, 0.25) is 0 Å². The van der Waals surface area contributed by atoms with Crippen molar-refractivity contribution in [2.45, 2.75) is 142 Å². The molecule has 0 saturated carbocycles. The van der Waals surface area contributed by atoms with Crippen LogP contribution in [0.15, 0.2) is 0 Å². The molecule has 8 unspecified atom stereocenters. The van der Waals surface area contributed by atoms with E-state index in [0.29, 0.717) is 54.9 Å². The molecule has 21 heteroatoms. The lowest BCUT2D eigenvalue weighted by atomic mass is 10.6. The summed E-state index contributed by atoms with van der Waals surface area (Å²) in [4.78, 5) is 0. The summed E-state index contributed by atoms with van der Waals surface area (Å²) in [6.45, 7) is 15.2. The standard InChI is InChI=1S/C25H59NO12Si8/c1-8-16-39-24-28-42(19-11-4)35-44(21-13-6)31-40(17-9-2)25-27-41(18-10-3,33-43(29-39,37-44)20-12-5)34-45(30-39,22-14-7)38-46(32-40,36-42)23-15-26/h8-26H2,1-7H3. The normalized spacial score (nSPS) is 45.4. The Balaban J connectivity index is 1.92. The van der Waals surface area contributed by atoms with E-state index in [1.165, 1.54) is 0 Å². The molecule has 0 aliphatic carbocycles. The van der Waals surface area contributed by atoms with Gasteiger partial charge < -0.3 is 55.7 Å². The van der Waals surface area contributed by atoms with E-state index >= 15 is 0 Å². The van der Waals surface area contributed by atoms with Gasteiger partial charge in [-0.2, -0.15) is 0 Å². The molecule has 0 aromatic heterocycles. The van der Waals surface area contributed by atoms with Gasteiger partial charge in [0.05, 0.1) is 12.5 Å². The first kappa shape index (κ1) is 38.4. The van der Waals surface area contributed by atoms with E-state index in [0.717, 1.165) is 44.9 Å². The second-order valence-corrected chi connectivity index (χ2v) is 38.5. The maximum absolute atomic E-state index is 7.56. The molecule has 6 rings (SSSR count). The summed E-state index contributed by atoms with van der Waals surface area (Å²) >= 11 is 0. The van der Waals surface area contributed by atoms with Gasteiger partial charge in [0, 0.05) is 36.3 Å². The third kappa shape index (κ3) is 7.69. The van der Waals surface area contributed by atoms with E-state index in [4.69, 9.17) is 55.7 Å². The Hall–Kier alpha value is 1.22. The van der Waals surface area contributed by atoms with Crippen molar-refractivity contribution in [3.63, 3.8) is 0 Å². The van der Waals surface area contributed by atoms with Crippen molar-refractivity contribution >= 4 is 69.9 Å². The fourth-order valence-corrected chi connectivity index (χ4v) is 55.5. The van der Waals surface area contributed by atoms with Crippen molar-refractivity contribution in [2.24, 2.45) is 5.73 Å². The molecule has 0 radical (unpaired) electrons. The van der Waals surface area contributed by atoms with E-state index in [2.05, 4.69) is 48.5 Å². The Kier molecular flexibility index (Phi) is 12.6. The lowest BCUT2D eigenvalue weighted by Crippen LogP contribution is -2.78. The molecule has 2 N–H and O–H groups in total. The van der Waals surface area contributed by atoms with Crippen LogP contribution in [0, 0.1) is 0 Å². The van der Waals surface area contributed by atoms with Crippen LogP contribution < -0.4 is 5.73 Å². The summed E-state index contributed by atoms with van der Waals surface area (Å²) in [5, 5.41) is 0. The number of hydrogen-bond acceptors (Lipinski definition) is 13. The van der Waals surface area contributed by atoms with E-state index in [9.17, 15) is 0 Å². The second-order valence-electron chi connectivity index (χ2n) is 13.3. The Morgan fingerprint density at radius 1 is 0.348 bits per heavy atom. The van der Waals surface area contributed by atoms with Gasteiger partial charge in [-0.25, -0.2) is 0 Å². The highest BCUT2D eigenvalue weighted by atomic mass is 28.6. The SMILES string of the molecule is CCC[Si]12CO[Si]3(CCC)O[Si]4(CCC)O[Si]5(CCC)CO[Si](CCC)(O[Si](CCC)(O1)O4)O[Si](CCN)(O2)O[Si](CCC)(O5)O3. The molecule has 6 fully saturated rings. The molecule has 6 aliphatic rings. The molecule has 8 atom stereocenters. The Labute approximate surface area is 285 Å². The van der Waals surface area contributed by atoms with Gasteiger partial charge in [-0.1, -0.05) is 93.4 Å². The average molecular weight is 790 g/mol. The van der Waals surface area contributed by atoms with Crippen molar-refractivity contribution in [3.8, 4) is 0 Å². The van der Waals surface area contributed by atoms with Crippen LogP contribution in [0.1, 0.15) is 93.4 Å². The molecule has 46 heavy (non-hydrogen) atoms. The molecule has 268 valence electrons. The molecular weight excluding hydrogens is 731 g/mol. The fourth-order valence-electron chi connectivity index (χ4n) is 7.34. The minimum atomic E-state index is -3.78. The molecule has 6 saturated heterocycles. The van der Waals surface area contributed by atoms with Crippen LogP contribution in [0.4, 0.5) is 0 Å². The van der Waals surface area contributed by atoms with Crippen LogP contribution in [0.5, 0.6) is 0 Å². The van der Waals surface area contributed by atoms with Crippen molar-refractivity contribution in [3.05, 3.63) is 0 Å². The van der Waals surface area contributed by atoms with Crippen molar-refractivity contribution in [1.82, 2.24) is 0 Å². The summed E-state index contributed by atoms with van der Waals surface area (Å²) in [5.74, 6) is 0. The van der Waals surface area contributed by atoms with Crippen molar-refractivity contribution in [2.75, 3.05) is 19.0 Å². The zero-order valence-corrected chi connectivity index (χ0v) is 37.2. The second kappa shape index (κ2) is 15.1. The van der Waals surface area contributed by atoms with Crippen LogP contribution in [-0.4, -0.2) is 89.0 Å². The minimum absolute atomic E-state index is 0.207. The number of nitrogens with two attached hydrogens (primary N) is 1. The molecule has 0 spiro atoms. The topological polar surface area (TPSA) is 137 Å². The molecular formula is C25H59NO12Si8. The van der Waals surface area contributed by atoms with Gasteiger partial charge in [-0.3, -0.25) is 0 Å². The number of rotatable bonds is 16. The predicted molar refractivity (Wildman–Crippen MR) is 188 cm³/mol. The third-order valence-electron chi connectivity index (χ3n) is 8.75. The Morgan fingerprint density at radius 2 is 0.609 bits per heavy atom. The molecule has 0 aromatic rings. The maximum Gasteiger partial charge on any atom is 0.486 e. The van der Waals surface area contributed by atoms with Crippen molar-refractivity contribution in [1.29, 1.82) is 0 Å². The fraction of sp³-hybridized carbons (Fsp3) is 1.00. The largest absolute Gasteiger partial charge is 0.486 e. The highest BCUT2D eigenvalue weighted by Gasteiger charge is 2.78. The first-order valence-corrected chi connectivity index (χ1v) is 34.0. The first-order valence-electron chi connectivity index (χ1n) is 18.0. The minimum Gasteiger partial charge on any atom is -0.393 e. The first-order chi connectivity index (χ1) is 22.0. The molecule has 6 heterocycles. The summed E-state index contributed by atoms with van der Waals surface area (Å²) in [5.41, 5.74) is 6.41. The van der Waals surface area contributed by atoms with Crippen LogP contribution in [-0.2, 0) is 50.0 Å². The molecule has 0 aromatic carbocycles. The lowest BCUT2D eigenvalue weighted by molar-refractivity contribution is 0.0552. The van der Waals surface area contributed by atoms with Gasteiger partial charge in [-0.05, 0) is 18.6 Å². The van der Waals surface area contributed by atoms with E-state index in [1.807, 2.05) is 0 Å². The molecule has 0 amide bonds. The zero-order chi connectivity index (χ0) is 33.2. The van der Waals surface area contributed by atoms with Gasteiger partial charge in [0.25, 0.3) is 0 Å². The molecule has 8 bridgehead atoms. The van der Waals surface area contributed by atoms with Gasteiger partial charge >= 0.3 is 69.9 Å². The van der Waals surface area contributed by atoms with Crippen LogP contribution in [0.25, 0.3) is 0 Å². The average Bonchev–Trinajstić information content (AvgIpc) is 3.06. The van der Waals surface area contributed by atoms with Gasteiger partial charge in [0.15, 0.2) is 0 Å². The van der Waals surface area contributed by atoms with Gasteiger partial charge in [0.1, 0.15) is 0 Å². The summed E-state index contributed by atoms with van der Waals surface area (Å²) < 4.78 is 89.3. The quantitative estimate of drug-likeness (QED) is 0.192. The third-order valence-corrected chi connectivity index (χ3v) is 46.5. The zero-order valence-electron chi connectivity index (χ0n) is 29.2. The summed E-state index contributed by atoms with van der Waals surface area (Å²) in [6, 6.07) is 4.44. The predicted octanol–water partition coefficient (Wildman–Crippen LogP) is 5.68. The highest BCUT2D eigenvalue weighted by molar-refractivity contribution is 7.00. The van der Waals surface area contributed by atoms with E-state index < -0.39 is 69.9 Å². The van der Waals surface area contributed by atoms with Crippen LogP contribution in [0.3, 0.4) is 0 Å². The lowest BCUT2D eigenvalue weighted by Gasteiger charge is -2.54. The van der Waals surface area contributed by atoms with Crippen molar-refractivity contribution < 1.29 is 50.0 Å². The Bertz CT molecular complexity index is 857. The molecule has 13 nitrogen and oxygen atoms in total. The summed E-state index contributed by atoms with van der Waals surface area (Å²) in [6.07, 6.45) is 5.92. The number of hydrogen-bond donors (Lipinski definition) is 1. The maximum atomic E-state index is 7.56.